The van der Waals surface area contributed by atoms with Crippen LogP contribution >= 0.6 is 0 Å². The predicted molar refractivity (Wildman–Crippen MR) is 85.9 cm³/mol. The Kier molecular flexibility index (Phi) is 5.68. The van der Waals surface area contributed by atoms with E-state index in [1.54, 1.807) is 43.0 Å². The molecule has 0 aliphatic carbocycles. The van der Waals surface area contributed by atoms with Crippen molar-refractivity contribution in [2.75, 3.05) is 13.7 Å². The van der Waals surface area contributed by atoms with Gasteiger partial charge in [-0.15, -0.1) is 0 Å². The van der Waals surface area contributed by atoms with Gasteiger partial charge in [0.2, 0.25) is 0 Å². The van der Waals surface area contributed by atoms with Crippen molar-refractivity contribution < 1.29 is 18.7 Å². The van der Waals surface area contributed by atoms with Crippen LogP contribution in [0.25, 0.3) is 0 Å². The molecule has 0 fully saturated rings. The monoisotopic (exact) mass is 333 g/mol. The van der Waals surface area contributed by atoms with E-state index in [0.29, 0.717) is 16.8 Å². The molecule has 0 aliphatic rings. The van der Waals surface area contributed by atoms with Crippen LogP contribution in [0.4, 0.5) is 4.39 Å². The molecule has 7 heteroatoms. The molecular weight excluding hydrogens is 313 g/mol. The van der Waals surface area contributed by atoms with Crippen LogP contribution in [0.15, 0.2) is 30.5 Å². The summed E-state index contributed by atoms with van der Waals surface area (Å²) >= 11 is 0. The molecule has 1 aromatic carbocycles. The van der Waals surface area contributed by atoms with Crippen molar-refractivity contribution >= 4 is 11.9 Å². The Bertz CT molecular complexity index is 742. The highest BCUT2D eigenvalue weighted by Crippen LogP contribution is 2.14. The van der Waals surface area contributed by atoms with Gasteiger partial charge in [-0.25, -0.2) is 4.39 Å². The van der Waals surface area contributed by atoms with Gasteiger partial charge < -0.3 is 10.1 Å². The molecule has 24 heavy (non-hydrogen) atoms. The van der Waals surface area contributed by atoms with Crippen LogP contribution in [0.2, 0.25) is 0 Å². The van der Waals surface area contributed by atoms with Crippen LogP contribution in [0, 0.1) is 18.7 Å². The van der Waals surface area contributed by atoms with Crippen molar-refractivity contribution in [3.05, 3.63) is 53.1 Å². The first-order chi connectivity index (χ1) is 11.4. The van der Waals surface area contributed by atoms with Crippen molar-refractivity contribution in [3.63, 3.8) is 0 Å². The highest BCUT2D eigenvalue weighted by atomic mass is 19.1. The number of aryl methyl sites for hydroxylation is 2. The van der Waals surface area contributed by atoms with Gasteiger partial charge in [-0.3, -0.25) is 14.3 Å². The lowest BCUT2D eigenvalue weighted by atomic mass is 9.98. The Morgan fingerprint density at radius 2 is 2.08 bits per heavy atom. The van der Waals surface area contributed by atoms with Crippen LogP contribution in [0.5, 0.6) is 0 Å². The van der Waals surface area contributed by atoms with Gasteiger partial charge in [-0.1, -0.05) is 18.2 Å². The van der Waals surface area contributed by atoms with Gasteiger partial charge in [0.15, 0.2) is 0 Å². The molecule has 0 saturated heterocycles. The molecule has 0 aliphatic heterocycles. The first-order valence-electron chi connectivity index (χ1n) is 7.52. The number of carbonyl (C=O) groups excluding carboxylic acids is 2. The maximum atomic E-state index is 13.8. The number of nitrogens with zero attached hydrogens (tertiary/aromatic N) is 2. The van der Waals surface area contributed by atoms with Gasteiger partial charge in [-0.2, -0.15) is 5.10 Å². The zero-order chi connectivity index (χ0) is 17.7. The first-order valence-corrected chi connectivity index (χ1v) is 7.52. The summed E-state index contributed by atoms with van der Waals surface area (Å²) in [5.41, 5.74) is 1.44. The van der Waals surface area contributed by atoms with Gasteiger partial charge in [0, 0.05) is 19.8 Å². The maximum absolute atomic E-state index is 13.8. The third-order valence-corrected chi connectivity index (χ3v) is 3.73. The number of amides is 1. The van der Waals surface area contributed by atoms with E-state index >= 15 is 0 Å². The molecule has 1 amide bonds. The van der Waals surface area contributed by atoms with Crippen molar-refractivity contribution in [3.8, 4) is 0 Å². The van der Waals surface area contributed by atoms with Crippen molar-refractivity contribution in [1.82, 2.24) is 15.1 Å². The normalized spacial score (nSPS) is 11.8. The Labute approximate surface area is 139 Å². The zero-order valence-corrected chi connectivity index (χ0v) is 13.9. The number of benzene rings is 1. The predicted octanol–water partition coefficient (Wildman–Crippen LogP) is 1.63. The number of carbonyl (C=O) groups is 2. The number of hydrogen-bond acceptors (Lipinski definition) is 4. The molecule has 0 radical (unpaired) electrons. The third kappa shape index (κ3) is 4.18. The SMILES string of the molecule is COC(=O)C(CNC(=O)c1cn(C)nc1C)Cc1ccccc1F. The molecule has 2 rings (SSSR count). The lowest BCUT2D eigenvalue weighted by Gasteiger charge is -2.16. The highest BCUT2D eigenvalue weighted by molar-refractivity contribution is 5.95. The summed E-state index contributed by atoms with van der Waals surface area (Å²) in [5, 5.41) is 6.80. The minimum atomic E-state index is -0.673. The third-order valence-electron chi connectivity index (χ3n) is 3.73. The molecule has 1 N–H and O–H groups in total. The largest absolute Gasteiger partial charge is 0.469 e. The number of halogens is 1. The maximum Gasteiger partial charge on any atom is 0.310 e. The molecule has 0 bridgehead atoms. The number of hydrogen-bond donors (Lipinski definition) is 1. The number of aromatic nitrogens is 2. The van der Waals surface area contributed by atoms with Gasteiger partial charge in [-0.05, 0) is 25.0 Å². The number of rotatable bonds is 6. The van der Waals surface area contributed by atoms with E-state index in [1.807, 2.05) is 0 Å². The molecule has 128 valence electrons. The van der Waals surface area contributed by atoms with Crippen LogP contribution in [0.3, 0.4) is 0 Å². The number of ether oxygens (including phenoxy) is 1. The van der Waals surface area contributed by atoms with Crippen molar-refractivity contribution in [2.45, 2.75) is 13.3 Å². The molecule has 2 aromatic rings. The summed E-state index contributed by atoms with van der Waals surface area (Å²) in [7, 11) is 2.99. The lowest BCUT2D eigenvalue weighted by molar-refractivity contribution is -0.145. The van der Waals surface area contributed by atoms with Crippen LogP contribution in [-0.4, -0.2) is 35.3 Å². The Balaban J connectivity index is 2.07. The minimum absolute atomic E-state index is 0.0498. The molecule has 1 heterocycles. The summed E-state index contributed by atoms with van der Waals surface area (Å²) in [6.07, 6.45) is 1.75. The fourth-order valence-electron chi connectivity index (χ4n) is 2.47. The average Bonchev–Trinajstić information content (AvgIpc) is 2.90. The number of nitrogens with one attached hydrogen (secondary N) is 1. The summed E-state index contributed by atoms with van der Waals surface area (Å²) in [5.74, 6) is -1.89. The van der Waals surface area contributed by atoms with Gasteiger partial charge >= 0.3 is 5.97 Å². The van der Waals surface area contributed by atoms with E-state index in [0.717, 1.165) is 0 Å². The average molecular weight is 333 g/mol. The summed E-state index contributed by atoms with van der Waals surface area (Å²) in [6.45, 7) is 1.78. The molecule has 1 aromatic heterocycles. The van der Waals surface area contributed by atoms with E-state index in [1.165, 1.54) is 13.2 Å². The Hall–Kier alpha value is -2.70. The highest BCUT2D eigenvalue weighted by Gasteiger charge is 2.23. The number of esters is 1. The Morgan fingerprint density at radius 3 is 2.67 bits per heavy atom. The second kappa shape index (κ2) is 7.72. The van der Waals surface area contributed by atoms with E-state index in [9.17, 15) is 14.0 Å². The van der Waals surface area contributed by atoms with Crippen LogP contribution < -0.4 is 5.32 Å². The van der Waals surface area contributed by atoms with Gasteiger partial charge in [0.1, 0.15) is 5.82 Å². The molecule has 6 nitrogen and oxygen atoms in total. The quantitative estimate of drug-likeness (QED) is 0.816. The minimum Gasteiger partial charge on any atom is -0.469 e. The topological polar surface area (TPSA) is 73.2 Å². The van der Waals surface area contributed by atoms with Crippen LogP contribution in [-0.2, 0) is 23.0 Å². The molecule has 0 saturated carbocycles. The summed E-state index contributed by atoms with van der Waals surface area (Å²) in [6, 6.07) is 6.23. The fourth-order valence-corrected chi connectivity index (χ4v) is 2.47. The van der Waals surface area contributed by atoms with Gasteiger partial charge in [0.25, 0.3) is 5.91 Å². The van der Waals surface area contributed by atoms with Crippen molar-refractivity contribution in [2.24, 2.45) is 13.0 Å². The molecule has 1 unspecified atom stereocenters. The molecular formula is C17H20FN3O3. The first kappa shape index (κ1) is 17.7. The van der Waals surface area contributed by atoms with E-state index in [2.05, 4.69) is 10.4 Å². The molecule has 0 spiro atoms. The van der Waals surface area contributed by atoms with Crippen molar-refractivity contribution in [1.29, 1.82) is 0 Å². The van der Waals surface area contributed by atoms with E-state index in [4.69, 9.17) is 4.74 Å². The number of methoxy groups -OCH3 is 1. The zero-order valence-electron chi connectivity index (χ0n) is 13.9. The second-order valence-electron chi connectivity index (χ2n) is 5.53. The second-order valence-corrected chi connectivity index (χ2v) is 5.53. The molecule has 1 atom stereocenters. The standard InChI is InChI=1S/C17H20FN3O3/c1-11-14(10-21(2)20-11)16(22)19-9-13(17(23)24-3)8-12-6-4-5-7-15(12)18/h4-7,10,13H,8-9H2,1-3H3,(H,19,22). The van der Waals surface area contributed by atoms with Gasteiger partial charge in [0.05, 0.1) is 24.3 Å². The fraction of sp³-hybridized carbons (Fsp3) is 0.353. The van der Waals surface area contributed by atoms with Crippen LogP contribution in [0.1, 0.15) is 21.6 Å². The summed E-state index contributed by atoms with van der Waals surface area (Å²) < 4.78 is 20.1. The Morgan fingerprint density at radius 1 is 1.38 bits per heavy atom. The smallest absolute Gasteiger partial charge is 0.310 e. The van der Waals surface area contributed by atoms with E-state index < -0.39 is 11.9 Å². The lowest BCUT2D eigenvalue weighted by Crippen LogP contribution is -2.35. The van der Waals surface area contributed by atoms with E-state index in [-0.39, 0.29) is 24.7 Å². The summed E-state index contributed by atoms with van der Waals surface area (Å²) in [4.78, 5) is 24.2.